The zero-order valence-corrected chi connectivity index (χ0v) is 12.6. The molecule has 6 nitrogen and oxygen atoms in total. The van der Waals surface area contributed by atoms with Gasteiger partial charge >= 0.3 is 0 Å². The number of pyridine rings is 1. The zero-order valence-electron chi connectivity index (χ0n) is 11.8. The van der Waals surface area contributed by atoms with Gasteiger partial charge in [-0.3, -0.25) is 4.68 Å². The number of aromatic nitrogens is 3. The first-order chi connectivity index (χ1) is 10.1. The maximum atomic E-state index is 8.83. The third kappa shape index (κ3) is 2.52. The number of nitrogens with one attached hydrogen (secondary N) is 2. The molecule has 2 N–H and O–H groups in total. The largest absolute Gasteiger partial charge is 0.368 e. The van der Waals surface area contributed by atoms with E-state index in [-0.39, 0.29) is 6.04 Å². The lowest BCUT2D eigenvalue weighted by atomic mass is 10.0. The first-order valence-corrected chi connectivity index (χ1v) is 7.05. The molecule has 2 aromatic heterocycles. The number of hydrogen-bond donors (Lipinski definition) is 2. The van der Waals surface area contributed by atoms with Crippen LogP contribution in [0.2, 0.25) is 5.02 Å². The molecule has 3 rings (SSSR count). The molecule has 0 bridgehead atoms. The molecule has 2 aromatic rings. The maximum Gasteiger partial charge on any atom is 0.145 e. The van der Waals surface area contributed by atoms with Crippen molar-refractivity contribution in [3.8, 4) is 6.07 Å². The average molecular weight is 303 g/mol. The fourth-order valence-corrected chi connectivity index (χ4v) is 2.83. The lowest BCUT2D eigenvalue weighted by Gasteiger charge is -2.26. The van der Waals surface area contributed by atoms with Crippen LogP contribution >= 0.6 is 11.6 Å². The molecule has 1 unspecified atom stereocenters. The van der Waals surface area contributed by atoms with Crippen molar-refractivity contribution in [3.05, 3.63) is 34.1 Å². The van der Waals surface area contributed by atoms with Crippen LogP contribution in [0.3, 0.4) is 0 Å². The second-order valence-corrected chi connectivity index (χ2v) is 5.54. The zero-order chi connectivity index (χ0) is 15.0. The second-order valence-electron chi connectivity index (χ2n) is 5.13. The molecule has 0 spiro atoms. The summed E-state index contributed by atoms with van der Waals surface area (Å²) in [6.07, 6.45) is 2.38. The summed E-state index contributed by atoms with van der Waals surface area (Å²) in [6, 6.07) is 3.82. The molecular weight excluding hydrogens is 288 g/mol. The van der Waals surface area contributed by atoms with Crippen LogP contribution in [0.1, 0.15) is 16.8 Å². The van der Waals surface area contributed by atoms with Gasteiger partial charge in [0.2, 0.25) is 0 Å². The van der Waals surface area contributed by atoms with Gasteiger partial charge in [0.15, 0.2) is 0 Å². The van der Waals surface area contributed by atoms with E-state index in [9.17, 15) is 0 Å². The molecule has 1 atom stereocenters. The SMILES string of the molecule is Cc1nn(C)c2c1CC(Nc1ncc(C#N)cc1Cl)CN2. The highest BCUT2D eigenvalue weighted by atomic mass is 35.5. The van der Waals surface area contributed by atoms with Gasteiger partial charge in [0.1, 0.15) is 17.7 Å². The normalized spacial score (nSPS) is 16.8. The van der Waals surface area contributed by atoms with Crippen LogP contribution < -0.4 is 10.6 Å². The monoisotopic (exact) mass is 302 g/mol. The number of hydrogen-bond acceptors (Lipinski definition) is 5. The summed E-state index contributed by atoms with van der Waals surface area (Å²) in [4.78, 5) is 4.21. The summed E-state index contributed by atoms with van der Waals surface area (Å²) in [5, 5.41) is 20.4. The second kappa shape index (κ2) is 5.26. The van der Waals surface area contributed by atoms with Crippen LogP contribution in [0.15, 0.2) is 12.3 Å². The van der Waals surface area contributed by atoms with Gasteiger partial charge in [0.25, 0.3) is 0 Å². The lowest BCUT2D eigenvalue weighted by molar-refractivity contribution is 0.699. The standard InChI is InChI=1S/C14H15ClN6/c1-8-11-4-10(7-18-14(11)21(2)20-8)19-13-12(15)3-9(5-16)6-17-13/h3,6,10,18H,4,7H2,1-2H3,(H,17,19). The minimum absolute atomic E-state index is 0.179. The predicted molar refractivity (Wildman–Crippen MR) is 81.5 cm³/mol. The van der Waals surface area contributed by atoms with Crippen LogP contribution in [-0.4, -0.2) is 27.4 Å². The van der Waals surface area contributed by atoms with Gasteiger partial charge in [-0.2, -0.15) is 10.4 Å². The minimum atomic E-state index is 0.179. The number of fused-ring (bicyclic) bond motifs is 1. The van der Waals surface area contributed by atoms with Gasteiger partial charge in [0.05, 0.1) is 16.3 Å². The Morgan fingerprint density at radius 2 is 2.38 bits per heavy atom. The van der Waals surface area contributed by atoms with Gasteiger partial charge < -0.3 is 10.6 Å². The van der Waals surface area contributed by atoms with Gasteiger partial charge in [0, 0.05) is 31.4 Å². The summed E-state index contributed by atoms with van der Waals surface area (Å²) in [7, 11) is 1.94. The number of anilines is 2. The van der Waals surface area contributed by atoms with E-state index in [0.29, 0.717) is 16.4 Å². The molecule has 0 saturated heterocycles. The van der Waals surface area contributed by atoms with E-state index >= 15 is 0 Å². The van der Waals surface area contributed by atoms with Crippen molar-refractivity contribution < 1.29 is 0 Å². The molecule has 0 aromatic carbocycles. The van der Waals surface area contributed by atoms with Crippen LogP contribution in [0.4, 0.5) is 11.6 Å². The fourth-order valence-electron chi connectivity index (χ4n) is 2.61. The lowest BCUT2D eigenvalue weighted by Crippen LogP contribution is -2.35. The molecule has 0 radical (unpaired) electrons. The Balaban J connectivity index is 1.79. The van der Waals surface area contributed by atoms with Gasteiger partial charge in [-0.05, 0) is 19.4 Å². The molecule has 108 valence electrons. The summed E-state index contributed by atoms with van der Waals surface area (Å²) in [6.45, 7) is 2.78. The van der Waals surface area contributed by atoms with E-state index in [4.69, 9.17) is 16.9 Å². The minimum Gasteiger partial charge on any atom is -0.368 e. The molecule has 3 heterocycles. The van der Waals surface area contributed by atoms with Gasteiger partial charge in [-0.15, -0.1) is 0 Å². The fraction of sp³-hybridized carbons (Fsp3) is 0.357. The molecule has 0 saturated carbocycles. The Morgan fingerprint density at radius 3 is 3.10 bits per heavy atom. The van der Waals surface area contributed by atoms with E-state index in [0.717, 1.165) is 24.5 Å². The van der Waals surface area contributed by atoms with Crippen molar-refractivity contribution in [2.75, 3.05) is 17.2 Å². The Kier molecular flexibility index (Phi) is 3.43. The molecule has 0 amide bonds. The quantitative estimate of drug-likeness (QED) is 0.888. The number of halogens is 1. The maximum absolute atomic E-state index is 8.83. The molecule has 1 aliphatic heterocycles. The van der Waals surface area contributed by atoms with Gasteiger partial charge in [-0.1, -0.05) is 11.6 Å². The third-order valence-corrected chi connectivity index (χ3v) is 3.91. The van der Waals surface area contributed by atoms with E-state index in [1.165, 1.54) is 11.8 Å². The van der Waals surface area contributed by atoms with Crippen molar-refractivity contribution in [2.24, 2.45) is 7.05 Å². The van der Waals surface area contributed by atoms with Crippen LogP contribution in [0.5, 0.6) is 0 Å². The Morgan fingerprint density at radius 1 is 1.57 bits per heavy atom. The predicted octanol–water partition coefficient (Wildman–Crippen LogP) is 2.10. The average Bonchev–Trinajstić information content (AvgIpc) is 2.76. The van der Waals surface area contributed by atoms with Crippen molar-refractivity contribution in [1.82, 2.24) is 14.8 Å². The topological polar surface area (TPSA) is 78.6 Å². The first-order valence-electron chi connectivity index (χ1n) is 6.67. The van der Waals surface area contributed by atoms with Crippen molar-refractivity contribution in [1.29, 1.82) is 5.26 Å². The summed E-state index contributed by atoms with van der Waals surface area (Å²) >= 11 is 6.15. The van der Waals surface area contributed by atoms with Crippen LogP contribution in [0.25, 0.3) is 0 Å². The van der Waals surface area contributed by atoms with Crippen molar-refractivity contribution in [2.45, 2.75) is 19.4 Å². The number of nitriles is 1. The summed E-state index contributed by atoms with van der Waals surface area (Å²) in [5.74, 6) is 1.68. The highest BCUT2D eigenvalue weighted by molar-refractivity contribution is 6.33. The number of rotatable bonds is 2. The van der Waals surface area contributed by atoms with Crippen LogP contribution in [-0.2, 0) is 13.5 Å². The summed E-state index contributed by atoms with van der Waals surface area (Å²) in [5.41, 5.74) is 2.70. The third-order valence-electron chi connectivity index (χ3n) is 3.62. The van der Waals surface area contributed by atoms with Crippen molar-refractivity contribution >= 4 is 23.2 Å². The Hall–Kier alpha value is -2.26. The smallest absolute Gasteiger partial charge is 0.145 e. The number of nitrogens with zero attached hydrogens (tertiary/aromatic N) is 4. The highest BCUT2D eigenvalue weighted by Crippen LogP contribution is 2.27. The van der Waals surface area contributed by atoms with E-state index in [1.54, 1.807) is 6.07 Å². The van der Waals surface area contributed by atoms with E-state index < -0.39 is 0 Å². The Bertz CT molecular complexity index is 730. The summed E-state index contributed by atoms with van der Waals surface area (Å²) < 4.78 is 1.87. The first kappa shape index (κ1) is 13.7. The van der Waals surface area contributed by atoms with Crippen molar-refractivity contribution in [3.63, 3.8) is 0 Å². The number of aryl methyl sites for hydroxylation is 2. The van der Waals surface area contributed by atoms with E-state index in [1.807, 2.05) is 24.7 Å². The highest BCUT2D eigenvalue weighted by Gasteiger charge is 2.24. The molecule has 0 fully saturated rings. The van der Waals surface area contributed by atoms with Crippen LogP contribution in [0, 0.1) is 18.3 Å². The molecule has 0 aliphatic carbocycles. The molecule has 7 heteroatoms. The Labute approximate surface area is 127 Å². The molecular formula is C14H15ClN6. The molecule has 1 aliphatic rings. The van der Waals surface area contributed by atoms with E-state index in [2.05, 4.69) is 20.7 Å². The van der Waals surface area contributed by atoms with Gasteiger partial charge in [-0.25, -0.2) is 4.98 Å². The molecule has 21 heavy (non-hydrogen) atoms.